The molecule has 0 saturated carbocycles. The Morgan fingerprint density at radius 3 is 2.94 bits per heavy atom. The van der Waals surface area contributed by atoms with Crippen LogP contribution in [0.25, 0.3) is 10.4 Å². The van der Waals surface area contributed by atoms with Crippen molar-refractivity contribution in [1.82, 2.24) is 0 Å². The second-order valence-corrected chi connectivity index (χ2v) is 2.92. The molecule has 86 valence electrons. The van der Waals surface area contributed by atoms with Gasteiger partial charge in [0.2, 0.25) is 0 Å². The molecule has 1 aromatic rings. The van der Waals surface area contributed by atoms with Crippen LogP contribution in [0.3, 0.4) is 0 Å². The highest BCUT2D eigenvalue weighted by Gasteiger charge is 2.11. The molecule has 0 amide bonds. The maximum atomic E-state index is 13.3. The van der Waals surface area contributed by atoms with Crippen LogP contribution in [0, 0.1) is 17.7 Å². The first kappa shape index (κ1) is 12.4. The van der Waals surface area contributed by atoms with E-state index < -0.39 is 11.8 Å². The third kappa shape index (κ3) is 3.12. The van der Waals surface area contributed by atoms with E-state index in [1.807, 2.05) is 0 Å². The molecule has 17 heavy (non-hydrogen) atoms. The zero-order valence-electron chi connectivity index (χ0n) is 8.51. The predicted molar refractivity (Wildman–Crippen MR) is 58.7 cm³/mol. The van der Waals surface area contributed by atoms with Gasteiger partial charge in [0, 0.05) is 10.6 Å². The van der Waals surface area contributed by atoms with Crippen molar-refractivity contribution in [2.45, 2.75) is 0 Å². The first-order valence-electron chi connectivity index (χ1n) is 4.38. The highest BCUT2D eigenvalue weighted by atomic mass is 19.1. The van der Waals surface area contributed by atoms with E-state index in [2.05, 4.69) is 21.9 Å². The molecule has 0 aliphatic heterocycles. The zero-order chi connectivity index (χ0) is 12.8. The van der Waals surface area contributed by atoms with E-state index in [9.17, 15) is 9.18 Å². The number of carboxylic acid groups (broad SMARTS) is 1. The van der Waals surface area contributed by atoms with Gasteiger partial charge in [-0.1, -0.05) is 17.0 Å². The largest absolute Gasteiger partial charge is 0.478 e. The summed E-state index contributed by atoms with van der Waals surface area (Å²) in [4.78, 5) is 13.2. The summed E-state index contributed by atoms with van der Waals surface area (Å²) in [6, 6.07) is 1.93. The van der Waals surface area contributed by atoms with Crippen molar-refractivity contribution in [3.8, 4) is 11.8 Å². The number of anilines is 1. The summed E-state index contributed by atoms with van der Waals surface area (Å²) in [7, 11) is 0. The van der Waals surface area contributed by atoms with Gasteiger partial charge in [-0.25, -0.2) is 9.18 Å². The fourth-order valence-corrected chi connectivity index (χ4v) is 1.07. The molecular formula is C10H7FN4O2. The van der Waals surface area contributed by atoms with Gasteiger partial charge in [-0.15, -0.1) is 0 Å². The van der Waals surface area contributed by atoms with Gasteiger partial charge in [-0.05, 0) is 17.7 Å². The molecule has 0 aromatic heterocycles. The van der Waals surface area contributed by atoms with Crippen molar-refractivity contribution in [2.24, 2.45) is 5.11 Å². The summed E-state index contributed by atoms with van der Waals surface area (Å²) in [6.07, 6.45) is 0. The quantitative estimate of drug-likeness (QED) is 0.267. The lowest BCUT2D eigenvalue weighted by Gasteiger charge is -2.02. The van der Waals surface area contributed by atoms with Gasteiger partial charge >= 0.3 is 5.97 Å². The Bertz CT molecular complexity index is 568. The summed E-state index contributed by atoms with van der Waals surface area (Å²) >= 11 is 0. The Balaban J connectivity index is 3.14. The summed E-state index contributed by atoms with van der Waals surface area (Å²) in [5.74, 6) is 2.76. The summed E-state index contributed by atoms with van der Waals surface area (Å²) < 4.78 is 13.3. The van der Waals surface area contributed by atoms with Crippen LogP contribution < -0.4 is 5.73 Å². The fraction of sp³-hybridized carbons (Fsp3) is 0.100. The Kier molecular flexibility index (Phi) is 3.92. The summed E-state index contributed by atoms with van der Waals surface area (Å²) in [5.41, 5.74) is 12.8. The second-order valence-electron chi connectivity index (χ2n) is 2.92. The van der Waals surface area contributed by atoms with Crippen molar-refractivity contribution in [3.63, 3.8) is 0 Å². The molecule has 0 radical (unpaired) electrons. The monoisotopic (exact) mass is 234 g/mol. The minimum Gasteiger partial charge on any atom is -0.478 e. The number of benzene rings is 1. The molecule has 1 aromatic carbocycles. The number of carboxylic acids is 1. The first-order chi connectivity index (χ1) is 8.06. The Morgan fingerprint density at radius 1 is 1.65 bits per heavy atom. The number of hydrogen-bond acceptors (Lipinski definition) is 3. The molecule has 7 heteroatoms. The highest BCUT2D eigenvalue weighted by Crippen LogP contribution is 2.17. The lowest BCUT2D eigenvalue weighted by Crippen LogP contribution is -2.04. The SMILES string of the molecule is [N-]=[N+]=NCC#Cc1cc(C(=O)O)c(N)cc1F. The molecule has 0 bridgehead atoms. The summed E-state index contributed by atoms with van der Waals surface area (Å²) in [5, 5.41) is 11.9. The maximum Gasteiger partial charge on any atom is 0.337 e. The van der Waals surface area contributed by atoms with Crippen LogP contribution in [-0.4, -0.2) is 17.6 Å². The maximum absolute atomic E-state index is 13.3. The predicted octanol–water partition coefficient (Wildman–Crippen LogP) is 1.77. The standard InChI is InChI=1S/C10H7FN4O2/c11-8-5-9(12)7(10(16)17)4-6(8)2-1-3-14-15-13/h4-5H,3,12H2,(H,16,17). The third-order valence-corrected chi connectivity index (χ3v) is 1.81. The van der Waals surface area contributed by atoms with Gasteiger partial charge in [-0.3, -0.25) is 0 Å². The molecule has 1 rings (SSSR count). The number of nitrogens with zero attached hydrogens (tertiary/aromatic N) is 3. The van der Waals surface area contributed by atoms with E-state index in [0.717, 1.165) is 12.1 Å². The van der Waals surface area contributed by atoms with Crippen LogP contribution in [-0.2, 0) is 0 Å². The van der Waals surface area contributed by atoms with Crippen LogP contribution >= 0.6 is 0 Å². The van der Waals surface area contributed by atoms with Crippen molar-refractivity contribution >= 4 is 11.7 Å². The van der Waals surface area contributed by atoms with Gasteiger partial charge in [0.1, 0.15) is 5.82 Å². The van der Waals surface area contributed by atoms with E-state index in [0.29, 0.717) is 0 Å². The number of aromatic carboxylic acids is 1. The van der Waals surface area contributed by atoms with Gasteiger partial charge in [0.05, 0.1) is 17.7 Å². The number of hydrogen-bond donors (Lipinski definition) is 2. The van der Waals surface area contributed by atoms with Crippen LogP contribution in [0.1, 0.15) is 15.9 Å². The van der Waals surface area contributed by atoms with E-state index in [1.54, 1.807) is 0 Å². The van der Waals surface area contributed by atoms with Crippen LogP contribution in [0.5, 0.6) is 0 Å². The van der Waals surface area contributed by atoms with Gasteiger partial charge < -0.3 is 10.8 Å². The van der Waals surface area contributed by atoms with Crippen LogP contribution in [0.2, 0.25) is 0 Å². The Morgan fingerprint density at radius 2 is 2.35 bits per heavy atom. The van der Waals surface area contributed by atoms with Gasteiger partial charge in [-0.2, -0.15) is 0 Å². The van der Waals surface area contributed by atoms with E-state index in [-0.39, 0.29) is 23.4 Å². The lowest BCUT2D eigenvalue weighted by atomic mass is 10.1. The smallest absolute Gasteiger partial charge is 0.337 e. The van der Waals surface area contributed by atoms with Crippen LogP contribution in [0.4, 0.5) is 10.1 Å². The molecule has 3 N–H and O–H groups in total. The van der Waals surface area contributed by atoms with E-state index >= 15 is 0 Å². The first-order valence-corrected chi connectivity index (χ1v) is 4.38. The van der Waals surface area contributed by atoms with Crippen molar-refractivity contribution in [2.75, 3.05) is 12.3 Å². The van der Waals surface area contributed by atoms with Gasteiger partial charge in [0.25, 0.3) is 0 Å². The second kappa shape index (κ2) is 5.39. The number of azide groups is 1. The number of carbonyl (C=O) groups is 1. The van der Waals surface area contributed by atoms with Gasteiger partial charge in [0.15, 0.2) is 0 Å². The zero-order valence-corrected chi connectivity index (χ0v) is 8.51. The molecule has 0 heterocycles. The average Bonchev–Trinajstić information content (AvgIpc) is 2.26. The van der Waals surface area contributed by atoms with Crippen LogP contribution in [0.15, 0.2) is 17.2 Å². The lowest BCUT2D eigenvalue weighted by molar-refractivity contribution is 0.0698. The number of nitrogens with two attached hydrogens (primary N) is 1. The molecule has 0 aliphatic carbocycles. The molecule has 0 aliphatic rings. The molecule has 0 unspecified atom stereocenters. The molecule has 0 spiro atoms. The van der Waals surface area contributed by atoms with Crippen molar-refractivity contribution < 1.29 is 14.3 Å². The number of rotatable bonds is 2. The average molecular weight is 234 g/mol. The minimum absolute atomic E-state index is 0.107. The van der Waals surface area contributed by atoms with Crippen molar-refractivity contribution in [1.29, 1.82) is 0 Å². The molecular weight excluding hydrogens is 227 g/mol. The Labute approximate surface area is 95.5 Å². The number of halogens is 1. The Hall–Kier alpha value is -2.71. The highest BCUT2D eigenvalue weighted by molar-refractivity contribution is 5.94. The molecule has 6 nitrogen and oxygen atoms in total. The molecule has 0 fully saturated rings. The molecule has 0 saturated heterocycles. The fourth-order valence-electron chi connectivity index (χ4n) is 1.07. The summed E-state index contributed by atoms with van der Waals surface area (Å²) in [6.45, 7) is -0.122. The third-order valence-electron chi connectivity index (χ3n) is 1.81. The number of nitrogen functional groups attached to an aromatic ring is 1. The minimum atomic E-state index is -1.26. The van der Waals surface area contributed by atoms with Crippen molar-refractivity contribution in [3.05, 3.63) is 39.5 Å². The van der Waals surface area contributed by atoms with E-state index in [1.165, 1.54) is 0 Å². The topological polar surface area (TPSA) is 112 Å². The molecule has 0 atom stereocenters. The van der Waals surface area contributed by atoms with E-state index in [4.69, 9.17) is 16.4 Å². The normalized spacial score (nSPS) is 8.76.